The number of para-hydroxylation sites is 1. The quantitative estimate of drug-likeness (QED) is 0.726. The molecular weight excluding hydrogens is 306 g/mol. The van der Waals surface area contributed by atoms with Crippen molar-refractivity contribution >= 4 is 27.5 Å². The first kappa shape index (κ1) is 12.4. The first-order valence-corrected chi connectivity index (χ1v) is 6.13. The molecule has 0 N–H and O–H groups in total. The van der Waals surface area contributed by atoms with Gasteiger partial charge in [-0.2, -0.15) is 0 Å². The molecule has 0 saturated carbocycles. The maximum absolute atomic E-state index is 13.5. The van der Waals surface area contributed by atoms with Gasteiger partial charge in [-0.25, -0.2) is 4.39 Å². The average molecular weight is 316 g/mol. The third kappa shape index (κ3) is 2.79. The van der Waals surface area contributed by atoms with Crippen LogP contribution in [0.15, 0.2) is 40.9 Å². The minimum absolute atomic E-state index is 0.160. The van der Waals surface area contributed by atoms with Crippen molar-refractivity contribution < 1.29 is 9.13 Å². The number of benzene rings is 2. The number of halogens is 3. The van der Waals surface area contributed by atoms with E-state index in [1.165, 1.54) is 6.07 Å². The normalized spacial score (nSPS) is 10.4. The predicted molar refractivity (Wildman–Crippen MR) is 70.4 cm³/mol. The van der Waals surface area contributed by atoms with Gasteiger partial charge in [0.15, 0.2) is 11.6 Å². The molecule has 0 aliphatic carbocycles. The van der Waals surface area contributed by atoms with Gasteiger partial charge in [-0.15, -0.1) is 0 Å². The summed E-state index contributed by atoms with van der Waals surface area (Å²) in [4.78, 5) is 0. The second-order valence-corrected chi connectivity index (χ2v) is 4.83. The van der Waals surface area contributed by atoms with Crippen molar-refractivity contribution in [1.29, 1.82) is 0 Å². The van der Waals surface area contributed by atoms with Crippen LogP contribution in [0.25, 0.3) is 0 Å². The average Bonchev–Trinajstić information content (AvgIpc) is 2.28. The van der Waals surface area contributed by atoms with Crippen molar-refractivity contribution in [3.63, 3.8) is 0 Å². The van der Waals surface area contributed by atoms with Crippen molar-refractivity contribution in [3.8, 4) is 11.5 Å². The third-order valence-corrected chi connectivity index (χ3v) is 3.31. The Kier molecular flexibility index (Phi) is 3.69. The van der Waals surface area contributed by atoms with Gasteiger partial charge < -0.3 is 4.74 Å². The Bertz CT molecular complexity index is 537. The number of aryl methyl sites for hydroxylation is 1. The molecule has 2 aromatic carbocycles. The molecule has 17 heavy (non-hydrogen) atoms. The molecule has 0 aliphatic heterocycles. The van der Waals surface area contributed by atoms with Crippen LogP contribution in [0, 0.1) is 12.7 Å². The van der Waals surface area contributed by atoms with Crippen molar-refractivity contribution in [2.75, 3.05) is 0 Å². The molecule has 0 radical (unpaired) electrons. The lowest BCUT2D eigenvalue weighted by molar-refractivity contribution is 0.439. The number of ether oxygens (including phenoxy) is 1. The molecule has 2 rings (SSSR count). The lowest BCUT2D eigenvalue weighted by atomic mass is 10.2. The molecule has 0 amide bonds. The second-order valence-electron chi connectivity index (χ2n) is 3.56. The second kappa shape index (κ2) is 5.07. The predicted octanol–water partition coefficient (Wildman–Crippen LogP) is 5.34. The lowest BCUT2D eigenvalue weighted by Crippen LogP contribution is -1.90. The van der Waals surface area contributed by atoms with Gasteiger partial charge in [0.1, 0.15) is 5.75 Å². The molecule has 1 nitrogen and oxygen atoms in total. The highest BCUT2D eigenvalue weighted by Gasteiger charge is 2.09. The number of hydrogen-bond acceptors (Lipinski definition) is 1. The van der Waals surface area contributed by atoms with Crippen molar-refractivity contribution in [2.24, 2.45) is 0 Å². The summed E-state index contributed by atoms with van der Waals surface area (Å²) in [7, 11) is 0. The summed E-state index contributed by atoms with van der Waals surface area (Å²) in [6.07, 6.45) is 0. The van der Waals surface area contributed by atoms with Crippen LogP contribution in [0.2, 0.25) is 5.02 Å². The third-order valence-electron chi connectivity index (χ3n) is 2.28. The van der Waals surface area contributed by atoms with Crippen LogP contribution in [-0.2, 0) is 0 Å². The number of hydrogen-bond donors (Lipinski definition) is 0. The molecule has 0 unspecified atom stereocenters. The zero-order chi connectivity index (χ0) is 12.4. The molecule has 0 aliphatic rings. The molecule has 0 fully saturated rings. The monoisotopic (exact) mass is 314 g/mol. The van der Waals surface area contributed by atoms with Crippen LogP contribution >= 0.6 is 27.5 Å². The molecule has 2 aromatic rings. The Hall–Kier alpha value is -1.06. The van der Waals surface area contributed by atoms with E-state index in [2.05, 4.69) is 15.9 Å². The van der Waals surface area contributed by atoms with E-state index in [1.54, 1.807) is 24.3 Å². The van der Waals surface area contributed by atoms with Gasteiger partial charge in [0.2, 0.25) is 0 Å². The van der Waals surface area contributed by atoms with Gasteiger partial charge in [-0.1, -0.05) is 23.7 Å². The van der Waals surface area contributed by atoms with E-state index >= 15 is 0 Å². The highest BCUT2D eigenvalue weighted by molar-refractivity contribution is 9.10. The van der Waals surface area contributed by atoms with Crippen LogP contribution in [0.3, 0.4) is 0 Å². The summed E-state index contributed by atoms with van der Waals surface area (Å²) in [5.41, 5.74) is 0.951. The summed E-state index contributed by atoms with van der Waals surface area (Å²) in [6.45, 7) is 1.89. The molecular formula is C13H9BrClFO. The van der Waals surface area contributed by atoms with E-state index in [-0.39, 0.29) is 5.75 Å². The lowest BCUT2D eigenvalue weighted by Gasteiger charge is -2.09. The standard InChI is InChI=1S/C13H9BrClFO/c1-8-5-6-9(7-11(8)15)17-13-10(14)3-2-4-12(13)16/h2-7H,1H3. The minimum Gasteiger partial charge on any atom is -0.453 e. The highest BCUT2D eigenvalue weighted by atomic mass is 79.9. The summed E-state index contributed by atoms with van der Waals surface area (Å²) >= 11 is 9.21. The van der Waals surface area contributed by atoms with Crippen molar-refractivity contribution in [1.82, 2.24) is 0 Å². The van der Waals surface area contributed by atoms with Crippen LogP contribution < -0.4 is 4.74 Å². The van der Waals surface area contributed by atoms with Gasteiger partial charge in [0.25, 0.3) is 0 Å². The molecule has 88 valence electrons. The van der Waals surface area contributed by atoms with Crippen molar-refractivity contribution in [3.05, 3.63) is 57.3 Å². The molecule has 0 aromatic heterocycles. The Balaban J connectivity index is 2.35. The smallest absolute Gasteiger partial charge is 0.177 e. The fourth-order valence-corrected chi connectivity index (χ4v) is 1.93. The minimum atomic E-state index is -0.420. The summed E-state index contributed by atoms with van der Waals surface area (Å²) < 4.78 is 19.6. The van der Waals surface area contributed by atoms with Crippen LogP contribution in [0.5, 0.6) is 11.5 Å². The largest absolute Gasteiger partial charge is 0.453 e. The van der Waals surface area contributed by atoms with Gasteiger partial charge in [0, 0.05) is 5.02 Å². The van der Waals surface area contributed by atoms with E-state index in [0.717, 1.165) is 5.56 Å². The highest BCUT2D eigenvalue weighted by Crippen LogP contribution is 2.33. The first-order chi connectivity index (χ1) is 8.08. The maximum atomic E-state index is 13.5. The zero-order valence-corrected chi connectivity index (χ0v) is 11.3. The SMILES string of the molecule is Cc1ccc(Oc2c(F)cccc2Br)cc1Cl. The maximum Gasteiger partial charge on any atom is 0.177 e. The van der Waals surface area contributed by atoms with Gasteiger partial charge in [-0.05, 0) is 52.7 Å². The molecule has 0 bridgehead atoms. The Labute approximate surface area is 112 Å². The Morgan fingerprint density at radius 1 is 1.24 bits per heavy atom. The van der Waals surface area contributed by atoms with Crippen molar-refractivity contribution in [2.45, 2.75) is 6.92 Å². The molecule has 0 atom stereocenters. The van der Waals surface area contributed by atoms with Gasteiger partial charge >= 0.3 is 0 Å². The topological polar surface area (TPSA) is 9.23 Å². The summed E-state index contributed by atoms with van der Waals surface area (Å²) in [6, 6.07) is 9.90. The van der Waals surface area contributed by atoms with E-state index in [9.17, 15) is 4.39 Å². The zero-order valence-electron chi connectivity index (χ0n) is 9.01. The van der Waals surface area contributed by atoms with E-state index in [4.69, 9.17) is 16.3 Å². The summed E-state index contributed by atoms with van der Waals surface area (Å²) in [5, 5.41) is 0.593. The fraction of sp³-hybridized carbons (Fsp3) is 0.0769. The number of rotatable bonds is 2. The van der Waals surface area contributed by atoms with E-state index in [0.29, 0.717) is 15.2 Å². The molecule has 0 heterocycles. The van der Waals surface area contributed by atoms with Crippen LogP contribution in [0.4, 0.5) is 4.39 Å². The van der Waals surface area contributed by atoms with Gasteiger partial charge in [0.05, 0.1) is 4.47 Å². The first-order valence-electron chi connectivity index (χ1n) is 4.96. The summed E-state index contributed by atoms with van der Waals surface area (Å²) in [5.74, 6) is 0.245. The Morgan fingerprint density at radius 3 is 2.65 bits per heavy atom. The van der Waals surface area contributed by atoms with Crippen LogP contribution in [0.1, 0.15) is 5.56 Å². The van der Waals surface area contributed by atoms with E-state index in [1.807, 2.05) is 13.0 Å². The molecule has 0 saturated heterocycles. The Morgan fingerprint density at radius 2 is 2.00 bits per heavy atom. The van der Waals surface area contributed by atoms with Gasteiger partial charge in [-0.3, -0.25) is 0 Å². The van der Waals surface area contributed by atoms with Crippen LogP contribution in [-0.4, -0.2) is 0 Å². The fourth-order valence-electron chi connectivity index (χ4n) is 1.33. The van der Waals surface area contributed by atoms with E-state index < -0.39 is 5.82 Å². The molecule has 4 heteroatoms. The molecule has 0 spiro atoms.